The lowest BCUT2D eigenvalue weighted by Crippen LogP contribution is -2.14. The third-order valence-corrected chi connectivity index (χ3v) is 3.07. The zero-order valence-electron chi connectivity index (χ0n) is 10.4. The fourth-order valence-corrected chi connectivity index (χ4v) is 1.99. The largest absolute Gasteiger partial charge is 0.322 e. The predicted molar refractivity (Wildman–Crippen MR) is 75.1 cm³/mol. The molecule has 1 amide bonds. The van der Waals surface area contributed by atoms with E-state index in [0.29, 0.717) is 5.69 Å². The zero-order chi connectivity index (χ0) is 13.8. The quantitative estimate of drug-likeness (QED) is 0.840. The normalized spacial score (nSPS) is 10.3. The third kappa shape index (κ3) is 3.12. The van der Waals surface area contributed by atoms with Gasteiger partial charge in [-0.15, -0.1) is 11.6 Å². The number of anilines is 1. The van der Waals surface area contributed by atoms with Gasteiger partial charge in [0.2, 0.25) is 0 Å². The molecule has 0 fully saturated rings. The van der Waals surface area contributed by atoms with E-state index >= 15 is 0 Å². The second-order valence-electron chi connectivity index (χ2n) is 4.23. The summed E-state index contributed by atoms with van der Waals surface area (Å²) in [6.07, 6.45) is 0. The molecular formula is C15H13ClFNO. The molecule has 19 heavy (non-hydrogen) atoms. The highest BCUT2D eigenvalue weighted by Crippen LogP contribution is 2.19. The summed E-state index contributed by atoms with van der Waals surface area (Å²) in [5.74, 6) is -0.719. The van der Waals surface area contributed by atoms with Crippen molar-refractivity contribution in [2.45, 2.75) is 12.8 Å². The van der Waals surface area contributed by atoms with Crippen LogP contribution in [0.2, 0.25) is 0 Å². The molecule has 0 unspecified atom stereocenters. The first kappa shape index (κ1) is 13.6. The van der Waals surface area contributed by atoms with Gasteiger partial charge in [0.25, 0.3) is 5.91 Å². The van der Waals surface area contributed by atoms with Crippen molar-refractivity contribution in [3.8, 4) is 0 Å². The molecule has 0 saturated heterocycles. The maximum atomic E-state index is 13.7. The highest BCUT2D eigenvalue weighted by molar-refractivity contribution is 6.17. The van der Waals surface area contributed by atoms with Crippen molar-refractivity contribution in [2.24, 2.45) is 0 Å². The number of rotatable bonds is 3. The molecule has 0 saturated carbocycles. The molecule has 2 aromatic carbocycles. The Morgan fingerprint density at radius 2 is 2.00 bits per heavy atom. The third-order valence-electron chi connectivity index (χ3n) is 2.78. The fraction of sp³-hybridized carbons (Fsp3) is 0.133. The van der Waals surface area contributed by atoms with Crippen LogP contribution < -0.4 is 5.32 Å². The molecule has 0 aliphatic heterocycles. The first-order chi connectivity index (χ1) is 9.11. The number of hydrogen-bond donors (Lipinski definition) is 1. The van der Waals surface area contributed by atoms with Gasteiger partial charge in [-0.05, 0) is 36.2 Å². The van der Waals surface area contributed by atoms with Crippen LogP contribution in [0.15, 0.2) is 42.5 Å². The number of amides is 1. The first-order valence-electron chi connectivity index (χ1n) is 5.83. The number of aryl methyl sites for hydroxylation is 1. The Hall–Kier alpha value is -1.87. The Bertz CT molecular complexity index is 613. The van der Waals surface area contributed by atoms with Gasteiger partial charge in [0.1, 0.15) is 5.82 Å². The standard InChI is InChI=1S/C15H13ClFNO/c1-10-6-7-12(13(17)8-10)15(19)18-14-5-3-2-4-11(14)9-16/h2-8H,9H2,1H3,(H,18,19). The molecule has 0 atom stereocenters. The minimum Gasteiger partial charge on any atom is -0.322 e. The molecule has 0 aliphatic carbocycles. The van der Waals surface area contributed by atoms with E-state index in [2.05, 4.69) is 5.32 Å². The number of hydrogen-bond acceptors (Lipinski definition) is 1. The van der Waals surface area contributed by atoms with E-state index < -0.39 is 11.7 Å². The Morgan fingerprint density at radius 1 is 1.26 bits per heavy atom. The monoisotopic (exact) mass is 277 g/mol. The van der Waals surface area contributed by atoms with E-state index in [0.717, 1.165) is 11.1 Å². The molecule has 0 bridgehead atoms. The molecule has 2 aromatic rings. The number of carbonyl (C=O) groups is 1. The van der Waals surface area contributed by atoms with Gasteiger partial charge in [-0.25, -0.2) is 4.39 Å². The minimum atomic E-state index is -0.527. The summed E-state index contributed by atoms with van der Waals surface area (Å²) in [4.78, 5) is 12.0. The first-order valence-corrected chi connectivity index (χ1v) is 6.36. The zero-order valence-corrected chi connectivity index (χ0v) is 11.2. The Balaban J connectivity index is 2.26. The number of carbonyl (C=O) groups excluding carboxylic acids is 1. The molecule has 0 aliphatic rings. The summed E-state index contributed by atoms with van der Waals surface area (Å²) in [6, 6.07) is 11.7. The number of para-hydroxylation sites is 1. The van der Waals surface area contributed by atoms with Gasteiger partial charge in [-0.1, -0.05) is 24.3 Å². The lowest BCUT2D eigenvalue weighted by Gasteiger charge is -2.09. The molecule has 98 valence electrons. The van der Waals surface area contributed by atoms with Crippen molar-refractivity contribution in [3.05, 3.63) is 65.0 Å². The van der Waals surface area contributed by atoms with Gasteiger partial charge in [0.05, 0.1) is 5.56 Å². The van der Waals surface area contributed by atoms with Crippen molar-refractivity contribution in [3.63, 3.8) is 0 Å². The van der Waals surface area contributed by atoms with E-state index in [9.17, 15) is 9.18 Å². The molecule has 2 nitrogen and oxygen atoms in total. The summed E-state index contributed by atoms with van der Waals surface area (Å²) in [7, 11) is 0. The smallest absolute Gasteiger partial charge is 0.258 e. The van der Waals surface area contributed by atoms with Crippen LogP contribution in [0.4, 0.5) is 10.1 Å². The van der Waals surface area contributed by atoms with Crippen LogP contribution in [-0.4, -0.2) is 5.91 Å². The summed E-state index contributed by atoms with van der Waals surface area (Å²) in [5, 5.41) is 2.67. The SMILES string of the molecule is Cc1ccc(C(=O)Nc2ccccc2CCl)c(F)c1. The average Bonchev–Trinajstić information content (AvgIpc) is 2.39. The van der Waals surface area contributed by atoms with E-state index in [1.807, 2.05) is 12.1 Å². The molecule has 4 heteroatoms. The van der Waals surface area contributed by atoms with Crippen LogP contribution in [-0.2, 0) is 5.88 Å². The summed E-state index contributed by atoms with van der Waals surface area (Å²) >= 11 is 5.79. The number of alkyl halides is 1. The second kappa shape index (κ2) is 5.85. The Morgan fingerprint density at radius 3 is 2.68 bits per heavy atom. The van der Waals surface area contributed by atoms with Crippen molar-refractivity contribution >= 4 is 23.2 Å². The van der Waals surface area contributed by atoms with Crippen LogP contribution in [0.3, 0.4) is 0 Å². The number of benzene rings is 2. The van der Waals surface area contributed by atoms with Crippen LogP contribution in [0.1, 0.15) is 21.5 Å². The van der Waals surface area contributed by atoms with Crippen molar-refractivity contribution in [1.82, 2.24) is 0 Å². The lowest BCUT2D eigenvalue weighted by atomic mass is 10.1. The molecule has 0 radical (unpaired) electrons. The van der Waals surface area contributed by atoms with Crippen LogP contribution >= 0.6 is 11.6 Å². The van der Waals surface area contributed by atoms with Crippen molar-refractivity contribution in [2.75, 3.05) is 5.32 Å². The average molecular weight is 278 g/mol. The minimum absolute atomic E-state index is 0.0231. The van der Waals surface area contributed by atoms with Gasteiger partial charge >= 0.3 is 0 Å². The van der Waals surface area contributed by atoms with Crippen molar-refractivity contribution < 1.29 is 9.18 Å². The molecule has 0 aromatic heterocycles. The summed E-state index contributed by atoms with van der Waals surface area (Å²) in [5.41, 5.74) is 2.19. The molecule has 2 rings (SSSR count). The highest BCUT2D eigenvalue weighted by atomic mass is 35.5. The summed E-state index contributed by atoms with van der Waals surface area (Å²) < 4.78 is 13.7. The van der Waals surface area contributed by atoms with E-state index in [1.165, 1.54) is 12.1 Å². The maximum Gasteiger partial charge on any atom is 0.258 e. The summed E-state index contributed by atoms with van der Waals surface area (Å²) in [6.45, 7) is 1.77. The molecule has 0 heterocycles. The molecular weight excluding hydrogens is 265 g/mol. The Labute approximate surface area is 116 Å². The van der Waals surface area contributed by atoms with Crippen LogP contribution in [0.25, 0.3) is 0 Å². The number of nitrogens with one attached hydrogen (secondary N) is 1. The van der Waals surface area contributed by atoms with E-state index in [1.54, 1.807) is 25.1 Å². The van der Waals surface area contributed by atoms with Gasteiger partial charge in [-0.3, -0.25) is 4.79 Å². The predicted octanol–water partition coefficient (Wildman–Crippen LogP) is 4.13. The highest BCUT2D eigenvalue weighted by Gasteiger charge is 2.13. The van der Waals surface area contributed by atoms with E-state index in [4.69, 9.17) is 11.6 Å². The molecule has 1 N–H and O–H groups in total. The maximum absolute atomic E-state index is 13.7. The van der Waals surface area contributed by atoms with Gasteiger partial charge in [0, 0.05) is 11.6 Å². The van der Waals surface area contributed by atoms with Crippen molar-refractivity contribution in [1.29, 1.82) is 0 Å². The van der Waals surface area contributed by atoms with Crippen LogP contribution in [0.5, 0.6) is 0 Å². The van der Waals surface area contributed by atoms with Gasteiger partial charge in [-0.2, -0.15) is 0 Å². The van der Waals surface area contributed by atoms with E-state index in [-0.39, 0.29) is 11.4 Å². The number of halogens is 2. The second-order valence-corrected chi connectivity index (χ2v) is 4.50. The van der Waals surface area contributed by atoms with Gasteiger partial charge in [0.15, 0.2) is 0 Å². The fourth-order valence-electron chi connectivity index (χ4n) is 1.75. The topological polar surface area (TPSA) is 29.1 Å². The lowest BCUT2D eigenvalue weighted by molar-refractivity contribution is 0.102. The molecule has 0 spiro atoms. The van der Waals surface area contributed by atoms with Gasteiger partial charge < -0.3 is 5.32 Å². The van der Waals surface area contributed by atoms with Crippen LogP contribution in [0, 0.1) is 12.7 Å². The Kier molecular flexibility index (Phi) is 4.17.